The molecule has 2 nitrogen and oxygen atoms in total. The van der Waals surface area contributed by atoms with Gasteiger partial charge in [-0.2, -0.15) is 0 Å². The number of rotatable bonds is 2. The van der Waals surface area contributed by atoms with E-state index in [4.69, 9.17) is 0 Å². The molecule has 0 saturated carbocycles. The molecule has 0 amide bonds. The number of benzene rings is 2. The van der Waals surface area contributed by atoms with Gasteiger partial charge in [0.2, 0.25) is 0 Å². The summed E-state index contributed by atoms with van der Waals surface area (Å²) in [6, 6.07) is 15.5. The van der Waals surface area contributed by atoms with Gasteiger partial charge in [-0.1, -0.05) is 36.4 Å². The van der Waals surface area contributed by atoms with Crippen molar-refractivity contribution >= 4 is 23.8 Å². The van der Waals surface area contributed by atoms with E-state index >= 15 is 0 Å². The third-order valence-electron chi connectivity index (χ3n) is 4.28. The van der Waals surface area contributed by atoms with Crippen LogP contribution in [0.5, 0.6) is 0 Å². The van der Waals surface area contributed by atoms with Crippen molar-refractivity contribution in [1.29, 1.82) is 0 Å². The summed E-state index contributed by atoms with van der Waals surface area (Å²) in [5, 5.41) is 3.54. The second-order valence-electron chi connectivity index (χ2n) is 5.43. The second kappa shape index (κ2) is 5.37. The first-order valence-electron chi connectivity index (χ1n) is 7.09. The van der Waals surface area contributed by atoms with Crippen molar-refractivity contribution in [3.05, 3.63) is 59.2 Å². The summed E-state index contributed by atoms with van der Waals surface area (Å²) >= 11 is 0. The number of hydrogen-bond donors (Lipinski definition) is 1. The van der Waals surface area contributed by atoms with E-state index in [-0.39, 0.29) is 12.4 Å². The lowest BCUT2D eigenvalue weighted by Gasteiger charge is -2.21. The molecule has 2 aliphatic heterocycles. The smallest absolute Gasteiger partial charge is 0.0450 e. The molecular formula is C17H19ClN2. The van der Waals surface area contributed by atoms with Gasteiger partial charge in [-0.3, -0.25) is 0 Å². The number of nitrogens with one attached hydrogen (secondary N) is 1. The third-order valence-corrected chi connectivity index (χ3v) is 4.28. The minimum atomic E-state index is 0. The lowest BCUT2D eigenvalue weighted by molar-refractivity contribution is 0.837. The van der Waals surface area contributed by atoms with Gasteiger partial charge in [0, 0.05) is 31.0 Å². The van der Waals surface area contributed by atoms with Crippen LogP contribution in [-0.4, -0.2) is 13.1 Å². The Kier molecular flexibility index (Phi) is 3.58. The molecule has 0 atom stereocenters. The second-order valence-corrected chi connectivity index (χ2v) is 5.43. The van der Waals surface area contributed by atoms with E-state index in [0.717, 1.165) is 19.6 Å². The summed E-state index contributed by atoms with van der Waals surface area (Å²) < 4.78 is 0. The minimum absolute atomic E-state index is 0. The Bertz CT molecular complexity index is 624. The SMILES string of the molecule is Cl.c1ccc2c(c1)CCN2Cc1cccc2c1NCC2. The van der Waals surface area contributed by atoms with E-state index in [0.29, 0.717) is 0 Å². The van der Waals surface area contributed by atoms with Crippen LogP contribution in [0.1, 0.15) is 16.7 Å². The molecule has 2 aromatic rings. The Morgan fingerprint density at radius 2 is 1.80 bits per heavy atom. The first-order valence-corrected chi connectivity index (χ1v) is 7.09. The van der Waals surface area contributed by atoms with Crippen molar-refractivity contribution in [1.82, 2.24) is 0 Å². The fourth-order valence-electron chi connectivity index (χ4n) is 3.32. The van der Waals surface area contributed by atoms with Gasteiger partial charge in [-0.25, -0.2) is 0 Å². The van der Waals surface area contributed by atoms with Gasteiger partial charge in [-0.05, 0) is 35.6 Å². The van der Waals surface area contributed by atoms with Crippen LogP contribution in [0.3, 0.4) is 0 Å². The molecule has 4 rings (SSSR count). The van der Waals surface area contributed by atoms with Crippen LogP contribution in [0, 0.1) is 0 Å². The Balaban J connectivity index is 0.00000121. The highest BCUT2D eigenvalue weighted by molar-refractivity contribution is 5.85. The van der Waals surface area contributed by atoms with Crippen LogP contribution in [-0.2, 0) is 19.4 Å². The number of nitrogens with zero attached hydrogens (tertiary/aromatic N) is 1. The van der Waals surface area contributed by atoms with Crippen molar-refractivity contribution < 1.29 is 0 Å². The third kappa shape index (κ3) is 2.14. The fourth-order valence-corrected chi connectivity index (χ4v) is 3.32. The molecule has 1 N–H and O–H groups in total. The molecule has 2 heterocycles. The van der Waals surface area contributed by atoms with Gasteiger partial charge < -0.3 is 10.2 Å². The zero-order chi connectivity index (χ0) is 12.7. The van der Waals surface area contributed by atoms with Gasteiger partial charge in [0.05, 0.1) is 0 Å². The van der Waals surface area contributed by atoms with Gasteiger partial charge in [0.25, 0.3) is 0 Å². The highest BCUT2D eigenvalue weighted by atomic mass is 35.5. The standard InChI is InChI=1S/C17H18N2.ClH/c1-2-7-16-13(4-1)9-11-19(16)12-15-6-3-5-14-8-10-18-17(14)15;/h1-7,18H,8-12H2;1H. The number of fused-ring (bicyclic) bond motifs is 2. The first-order chi connectivity index (χ1) is 9.42. The van der Waals surface area contributed by atoms with Crippen molar-refractivity contribution in [3.8, 4) is 0 Å². The van der Waals surface area contributed by atoms with E-state index in [1.54, 1.807) is 0 Å². The van der Waals surface area contributed by atoms with Crippen molar-refractivity contribution in [2.24, 2.45) is 0 Å². The lowest BCUT2D eigenvalue weighted by atomic mass is 10.1. The maximum atomic E-state index is 3.54. The molecule has 0 unspecified atom stereocenters. The topological polar surface area (TPSA) is 15.3 Å². The normalized spacial score (nSPS) is 15.3. The molecule has 2 aromatic carbocycles. The van der Waals surface area contributed by atoms with Crippen LogP contribution in [0.2, 0.25) is 0 Å². The van der Waals surface area contributed by atoms with Crippen LogP contribution in [0.25, 0.3) is 0 Å². The molecule has 104 valence electrons. The zero-order valence-electron chi connectivity index (χ0n) is 11.4. The fraction of sp³-hybridized carbons (Fsp3) is 0.294. The highest BCUT2D eigenvalue weighted by Gasteiger charge is 2.21. The summed E-state index contributed by atoms with van der Waals surface area (Å²) in [4.78, 5) is 2.50. The predicted octanol–water partition coefficient (Wildman–Crippen LogP) is 3.64. The summed E-state index contributed by atoms with van der Waals surface area (Å²) in [5.41, 5.74) is 7.20. The van der Waals surface area contributed by atoms with Crippen molar-refractivity contribution in [2.75, 3.05) is 23.3 Å². The summed E-state index contributed by atoms with van der Waals surface area (Å²) in [7, 11) is 0. The Morgan fingerprint density at radius 3 is 2.75 bits per heavy atom. The molecule has 0 aromatic heterocycles. The van der Waals surface area contributed by atoms with Crippen LogP contribution < -0.4 is 10.2 Å². The summed E-state index contributed by atoms with van der Waals surface area (Å²) in [6.07, 6.45) is 2.35. The van der Waals surface area contributed by atoms with Crippen molar-refractivity contribution in [2.45, 2.75) is 19.4 Å². The maximum Gasteiger partial charge on any atom is 0.0450 e. The van der Waals surface area contributed by atoms with Gasteiger partial charge in [-0.15, -0.1) is 12.4 Å². The average molecular weight is 287 g/mol. The van der Waals surface area contributed by atoms with Gasteiger partial charge >= 0.3 is 0 Å². The van der Waals surface area contributed by atoms with Crippen LogP contribution >= 0.6 is 12.4 Å². The molecular weight excluding hydrogens is 268 g/mol. The quantitative estimate of drug-likeness (QED) is 0.907. The van der Waals surface area contributed by atoms with E-state index in [1.807, 2.05) is 0 Å². The van der Waals surface area contributed by atoms with Crippen LogP contribution in [0.4, 0.5) is 11.4 Å². The molecule has 0 fully saturated rings. The zero-order valence-corrected chi connectivity index (χ0v) is 12.2. The Labute approximate surface area is 126 Å². The largest absolute Gasteiger partial charge is 0.384 e. The lowest BCUT2D eigenvalue weighted by Crippen LogP contribution is -2.20. The maximum absolute atomic E-state index is 3.54. The predicted molar refractivity (Wildman–Crippen MR) is 87.1 cm³/mol. The molecule has 0 spiro atoms. The number of hydrogen-bond acceptors (Lipinski definition) is 2. The Hall–Kier alpha value is -1.67. The first kappa shape index (κ1) is 13.3. The van der Waals surface area contributed by atoms with E-state index in [2.05, 4.69) is 52.7 Å². The molecule has 3 heteroatoms. The van der Waals surface area contributed by atoms with E-state index in [9.17, 15) is 0 Å². The average Bonchev–Trinajstić information content (AvgIpc) is 3.06. The van der Waals surface area contributed by atoms with E-state index in [1.165, 1.54) is 40.9 Å². The van der Waals surface area contributed by atoms with Crippen molar-refractivity contribution in [3.63, 3.8) is 0 Å². The molecule has 0 aliphatic carbocycles. The molecule has 0 saturated heterocycles. The number of halogens is 1. The number of anilines is 2. The summed E-state index contributed by atoms with van der Waals surface area (Å²) in [5.74, 6) is 0. The number of para-hydroxylation sites is 2. The molecule has 0 radical (unpaired) electrons. The molecule has 0 bridgehead atoms. The van der Waals surface area contributed by atoms with Gasteiger partial charge in [0.15, 0.2) is 0 Å². The summed E-state index contributed by atoms with van der Waals surface area (Å²) in [6.45, 7) is 3.25. The van der Waals surface area contributed by atoms with Crippen LogP contribution in [0.15, 0.2) is 42.5 Å². The highest BCUT2D eigenvalue weighted by Crippen LogP contribution is 2.32. The molecule has 20 heavy (non-hydrogen) atoms. The molecule has 2 aliphatic rings. The minimum Gasteiger partial charge on any atom is -0.384 e. The van der Waals surface area contributed by atoms with Gasteiger partial charge in [0.1, 0.15) is 0 Å². The monoisotopic (exact) mass is 286 g/mol. The Morgan fingerprint density at radius 1 is 0.950 bits per heavy atom. The van der Waals surface area contributed by atoms with E-state index < -0.39 is 0 Å².